The van der Waals surface area contributed by atoms with E-state index in [1.54, 1.807) is 6.07 Å². The summed E-state index contributed by atoms with van der Waals surface area (Å²) in [5.74, 6) is -0.107. The molecule has 26 heavy (non-hydrogen) atoms. The van der Waals surface area contributed by atoms with Gasteiger partial charge in [0.15, 0.2) is 9.84 Å². The maximum atomic E-state index is 12.6. The van der Waals surface area contributed by atoms with Crippen LogP contribution in [0.1, 0.15) is 43.2 Å². The van der Waals surface area contributed by atoms with Crippen LogP contribution in [0.15, 0.2) is 23.1 Å². The van der Waals surface area contributed by atoms with Gasteiger partial charge in [0.2, 0.25) is 5.91 Å². The first kappa shape index (κ1) is 18.0. The number of rotatable bonds is 4. The molecule has 1 aromatic rings. The van der Waals surface area contributed by atoms with Crippen LogP contribution in [-0.2, 0) is 27.5 Å². The first-order valence-corrected chi connectivity index (χ1v) is 11.5. The van der Waals surface area contributed by atoms with Gasteiger partial charge in [-0.15, -0.1) is 0 Å². The lowest BCUT2D eigenvalue weighted by Gasteiger charge is -2.39. The molecular weight excluding hydrogens is 348 g/mol. The second-order valence-corrected chi connectivity index (χ2v) is 10.3. The topological polar surface area (TPSA) is 66.5 Å². The minimum absolute atomic E-state index is 0.0180. The number of carbonyl (C=O) groups is 1. The van der Waals surface area contributed by atoms with Gasteiger partial charge < -0.3 is 10.2 Å². The van der Waals surface area contributed by atoms with E-state index in [0.717, 1.165) is 63.8 Å². The molecule has 0 atom stereocenters. The number of hydrogen-bond donors (Lipinski definition) is 1. The predicted octanol–water partition coefficient (Wildman–Crippen LogP) is 1.94. The zero-order chi connectivity index (χ0) is 18.2. The standard InChI is InChI=1S/C20H28N2O3S/c23-19(22-11-8-20(9-12-22)7-10-21-15-20)6-13-26(24,25)18-5-4-16-2-1-3-17(16)14-18/h4-5,14,21H,1-3,6-13,15H2. The van der Waals surface area contributed by atoms with Crippen molar-refractivity contribution in [1.82, 2.24) is 10.2 Å². The van der Waals surface area contributed by atoms with Gasteiger partial charge >= 0.3 is 0 Å². The summed E-state index contributed by atoms with van der Waals surface area (Å²) in [5.41, 5.74) is 2.79. The molecule has 2 fully saturated rings. The first-order valence-electron chi connectivity index (χ1n) is 9.81. The van der Waals surface area contributed by atoms with Gasteiger partial charge in [-0.2, -0.15) is 0 Å². The van der Waals surface area contributed by atoms with E-state index in [2.05, 4.69) is 5.32 Å². The average molecular weight is 377 g/mol. The van der Waals surface area contributed by atoms with E-state index in [0.29, 0.717) is 10.3 Å². The summed E-state index contributed by atoms with van der Waals surface area (Å²) >= 11 is 0. The molecule has 6 heteroatoms. The SMILES string of the molecule is O=C(CCS(=O)(=O)c1ccc2c(c1)CCC2)N1CCC2(CCNC2)CC1. The molecule has 1 spiro atoms. The maximum Gasteiger partial charge on any atom is 0.223 e. The normalized spacial score (nSPS) is 21.9. The largest absolute Gasteiger partial charge is 0.343 e. The average Bonchev–Trinajstić information content (AvgIpc) is 3.29. The summed E-state index contributed by atoms with van der Waals surface area (Å²) < 4.78 is 25.3. The summed E-state index contributed by atoms with van der Waals surface area (Å²) in [6.45, 7) is 3.66. The Morgan fingerprint density at radius 2 is 1.88 bits per heavy atom. The number of piperidine rings is 1. The lowest BCUT2D eigenvalue weighted by molar-refractivity contribution is -0.132. The van der Waals surface area contributed by atoms with Crippen molar-refractivity contribution in [3.8, 4) is 0 Å². The fraction of sp³-hybridized carbons (Fsp3) is 0.650. The minimum atomic E-state index is -3.40. The predicted molar refractivity (Wildman–Crippen MR) is 101 cm³/mol. The molecule has 2 aliphatic heterocycles. The lowest BCUT2D eigenvalue weighted by atomic mass is 9.78. The van der Waals surface area contributed by atoms with Crippen molar-refractivity contribution in [2.24, 2.45) is 5.41 Å². The zero-order valence-electron chi connectivity index (χ0n) is 15.3. The molecule has 0 unspecified atom stereocenters. The molecule has 2 heterocycles. The van der Waals surface area contributed by atoms with Crippen LogP contribution >= 0.6 is 0 Å². The molecular formula is C20H28N2O3S. The summed E-state index contributed by atoms with van der Waals surface area (Å²) in [6.07, 6.45) is 6.45. The molecule has 5 nitrogen and oxygen atoms in total. The van der Waals surface area contributed by atoms with Crippen molar-refractivity contribution >= 4 is 15.7 Å². The van der Waals surface area contributed by atoms with E-state index in [1.165, 1.54) is 12.0 Å². The highest BCUT2D eigenvalue weighted by molar-refractivity contribution is 7.91. The highest BCUT2D eigenvalue weighted by Gasteiger charge is 2.38. The van der Waals surface area contributed by atoms with E-state index in [1.807, 2.05) is 17.0 Å². The molecule has 0 radical (unpaired) electrons. The van der Waals surface area contributed by atoms with Gasteiger partial charge in [0.1, 0.15) is 0 Å². The molecule has 1 aliphatic carbocycles. The lowest BCUT2D eigenvalue weighted by Crippen LogP contribution is -2.44. The third-order valence-electron chi connectivity index (χ3n) is 6.52. The Labute approximate surface area is 156 Å². The Balaban J connectivity index is 1.34. The number of aryl methyl sites for hydroxylation is 2. The minimum Gasteiger partial charge on any atom is -0.343 e. The number of nitrogens with one attached hydrogen (secondary N) is 1. The van der Waals surface area contributed by atoms with E-state index in [9.17, 15) is 13.2 Å². The van der Waals surface area contributed by atoms with Gasteiger partial charge in [0.05, 0.1) is 10.6 Å². The molecule has 1 N–H and O–H groups in total. The molecule has 2 saturated heterocycles. The second kappa shape index (κ2) is 6.97. The van der Waals surface area contributed by atoms with Crippen LogP contribution in [0.3, 0.4) is 0 Å². The third-order valence-corrected chi connectivity index (χ3v) is 8.24. The van der Waals surface area contributed by atoms with Crippen molar-refractivity contribution < 1.29 is 13.2 Å². The number of fused-ring (bicyclic) bond motifs is 1. The Hall–Kier alpha value is -1.40. The highest BCUT2D eigenvalue weighted by Crippen LogP contribution is 2.37. The molecule has 4 rings (SSSR count). The van der Waals surface area contributed by atoms with Crippen molar-refractivity contribution in [2.45, 2.75) is 49.8 Å². The van der Waals surface area contributed by atoms with Crippen LogP contribution in [0, 0.1) is 5.41 Å². The van der Waals surface area contributed by atoms with E-state index >= 15 is 0 Å². The summed E-state index contributed by atoms with van der Waals surface area (Å²) in [6, 6.07) is 5.47. The fourth-order valence-electron chi connectivity index (χ4n) is 4.69. The summed E-state index contributed by atoms with van der Waals surface area (Å²) in [7, 11) is -3.40. The summed E-state index contributed by atoms with van der Waals surface area (Å²) in [5, 5.41) is 3.42. The molecule has 3 aliphatic rings. The highest BCUT2D eigenvalue weighted by atomic mass is 32.2. The molecule has 0 saturated carbocycles. The zero-order valence-corrected chi connectivity index (χ0v) is 16.1. The number of carbonyl (C=O) groups excluding carboxylic acids is 1. The maximum absolute atomic E-state index is 12.6. The number of benzene rings is 1. The Kier molecular flexibility index (Phi) is 4.82. The molecule has 1 amide bonds. The molecule has 0 bridgehead atoms. The number of hydrogen-bond acceptors (Lipinski definition) is 4. The quantitative estimate of drug-likeness (QED) is 0.872. The van der Waals surface area contributed by atoms with Crippen LogP contribution in [0.5, 0.6) is 0 Å². The third kappa shape index (κ3) is 3.54. The van der Waals surface area contributed by atoms with Crippen LogP contribution < -0.4 is 5.32 Å². The number of sulfone groups is 1. The molecule has 0 aromatic heterocycles. The first-order chi connectivity index (χ1) is 12.5. The molecule has 142 valence electrons. The van der Waals surface area contributed by atoms with Crippen LogP contribution in [0.25, 0.3) is 0 Å². The Morgan fingerprint density at radius 1 is 1.12 bits per heavy atom. The van der Waals surface area contributed by atoms with Gasteiger partial charge in [0.25, 0.3) is 0 Å². The van der Waals surface area contributed by atoms with Crippen molar-refractivity contribution in [3.05, 3.63) is 29.3 Å². The molecule has 1 aromatic carbocycles. The van der Waals surface area contributed by atoms with Crippen LogP contribution in [0.4, 0.5) is 0 Å². The fourth-order valence-corrected chi connectivity index (χ4v) is 5.97. The summed E-state index contributed by atoms with van der Waals surface area (Å²) in [4.78, 5) is 14.8. The van der Waals surface area contributed by atoms with E-state index in [4.69, 9.17) is 0 Å². The number of nitrogens with zero attached hydrogens (tertiary/aromatic N) is 1. The Morgan fingerprint density at radius 3 is 2.62 bits per heavy atom. The number of likely N-dealkylation sites (tertiary alicyclic amines) is 1. The Bertz CT molecular complexity index is 787. The smallest absolute Gasteiger partial charge is 0.223 e. The van der Waals surface area contributed by atoms with E-state index < -0.39 is 9.84 Å². The van der Waals surface area contributed by atoms with E-state index in [-0.39, 0.29) is 18.1 Å². The second-order valence-electron chi connectivity index (χ2n) is 8.16. The van der Waals surface area contributed by atoms with Crippen molar-refractivity contribution in [2.75, 3.05) is 31.9 Å². The van der Waals surface area contributed by atoms with Crippen LogP contribution in [-0.4, -0.2) is 51.2 Å². The van der Waals surface area contributed by atoms with Gasteiger partial charge in [-0.1, -0.05) is 6.07 Å². The monoisotopic (exact) mass is 376 g/mol. The van der Waals surface area contributed by atoms with Crippen LogP contribution in [0.2, 0.25) is 0 Å². The van der Waals surface area contributed by atoms with Gasteiger partial charge in [-0.25, -0.2) is 8.42 Å². The number of amides is 1. The van der Waals surface area contributed by atoms with Gasteiger partial charge in [0, 0.05) is 26.1 Å². The van der Waals surface area contributed by atoms with Crippen molar-refractivity contribution in [1.29, 1.82) is 0 Å². The van der Waals surface area contributed by atoms with Crippen molar-refractivity contribution in [3.63, 3.8) is 0 Å². The van der Waals surface area contributed by atoms with Gasteiger partial charge in [-0.05, 0) is 73.7 Å². The van der Waals surface area contributed by atoms with Gasteiger partial charge in [-0.3, -0.25) is 4.79 Å².